The van der Waals surface area contributed by atoms with Crippen LogP contribution in [0.4, 0.5) is 0 Å². The van der Waals surface area contributed by atoms with Crippen LogP contribution in [0.25, 0.3) is 0 Å². The highest BCUT2D eigenvalue weighted by atomic mass is 35.5. The average Bonchev–Trinajstić information content (AvgIpc) is 2.93. The van der Waals surface area contributed by atoms with Crippen molar-refractivity contribution in [2.24, 2.45) is 19.2 Å². The maximum atomic E-state index is 12.4. The molecule has 0 saturated carbocycles. The van der Waals surface area contributed by atoms with Crippen molar-refractivity contribution in [2.45, 2.75) is 12.5 Å². The van der Waals surface area contributed by atoms with E-state index in [-0.39, 0.29) is 17.5 Å². The van der Waals surface area contributed by atoms with Crippen molar-refractivity contribution in [3.63, 3.8) is 0 Å². The Morgan fingerprint density at radius 2 is 1.75 bits per heavy atom. The van der Waals surface area contributed by atoms with Gasteiger partial charge in [0, 0.05) is 32.6 Å². The number of hydrogen-bond acceptors (Lipinski definition) is 5. The van der Waals surface area contributed by atoms with Crippen LogP contribution in [0.5, 0.6) is 5.88 Å². The average molecular weight is 349 g/mol. The van der Waals surface area contributed by atoms with Crippen molar-refractivity contribution >= 4 is 17.3 Å². The van der Waals surface area contributed by atoms with Gasteiger partial charge < -0.3 is 5.11 Å². The topological polar surface area (TPSA) is 79.8 Å². The third-order valence-corrected chi connectivity index (χ3v) is 4.55. The predicted molar refractivity (Wildman–Crippen MR) is 91.7 cm³/mol. The van der Waals surface area contributed by atoms with E-state index in [9.17, 15) is 14.7 Å². The lowest BCUT2D eigenvalue weighted by molar-refractivity contribution is 0.290. The molecular formula is C16H17ClN4O3. The van der Waals surface area contributed by atoms with Crippen molar-refractivity contribution < 1.29 is 5.11 Å². The zero-order valence-corrected chi connectivity index (χ0v) is 14.3. The third-order valence-electron chi connectivity index (χ3n) is 4.29. The molecule has 1 aliphatic rings. The van der Waals surface area contributed by atoms with E-state index in [2.05, 4.69) is 5.10 Å². The Kier molecular flexibility index (Phi) is 3.96. The monoisotopic (exact) mass is 348 g/mol. The van der Waals surface area contributed by atoms with Crippen molar-refractivity contribution in [2.75, 3.05) is 7.05 Å². The van der Waals surface area contributed by atoms with Crippen LogP contribution in [-0.2, 0) is 14.1 Å². The van der Waals surface area contributed by atoms with Gasteiger partial charge in [0.15, 0.2) is 0 Å². The lowest BCUT2D eigenvalue weighted by Gasteiger charge is -2.18. The van der Waals surface area contributed by atoms with Crippen molar-refractivity contribution in [1.82, 2.24) is 14.1 Å². The molecule has 1 atom stereocenters. The summed E-state index contributed by atoms with van der Waals surface area (Å²) < 4.78 is 2.00. The largest absolute Gasteiger partial charge is 0.494 e. The molecule has 0 saturated heterocycles. The first-order valence-electron chi connectivity index (χ1n) is 7.36. The maximum Gasteiger partial charge on any atom is 0.333 e. The zero-order chi connectivity index (χ0) is 17.6. The SMILES string of the molecule is CN1N=C(c2c(O)n(C)c(=O)n(C)c2=O)CC1c1ccc(Cl)cc1. The molecule has 2 heterocycles. The lowest BCUT2D eigenvalue weighted by atomic mass is 9.99. The Morgan fingerprint density at radius 1 is 1.12 bits per heavy atom. The molecule has 0 bridgehead atoms. The molecule has 24 heavy (non-hydrogen) atoms. The van der Waals surface area contributed by atoms with Crippen molar-refractivity contribution in [3.8, 4) is 5.88 Å². The molecule has 1 N–H and O–H groups in total. The van der Waals surface area contributed by atoms with E-state index in [1.165, 1.54) is 14.1 Å². The van der Waals surface area contributed by atoms with Crippen LogP contribution in [-0.4, -0.2) is 32.0 Å². The molecule has 1 unspecified atom stereocenters. The van der Waals surface area contributed by atoms with Crippen LogP contribution < -0.4 is 11.2 Å². The summed E-state index contributed by atoms with van der Waals surface area (Å²) in [5.41, 5.74) is 0.373. The van der Waals surface area contributed by atoms with E-state index in [1.54, 1.807) is 24.2 Å². The quantitative estimate of drug-likeness (QED) is 0.885. The summed E-state index contributed by atoms with van der Waals surface area (Å²) in [6, 6.07) is 7.33. The standard InChI is InChI=1S/C16H17ClN4O3/c1-19-14(22)13(15(23)20(2)16(19)24)11-8-12(21(3)18-11)9-4-6-10(17)7-5-9/h4-7,12,22H,8H2,1-3H3. The van der Waals surface area contributed by atoms with E-state index in [0.29, 0.717) is 17.2 Å². The fourth-order valence-corrected chi connectivity index (χ4v) is 3.00. The Hall–Kier alpha value is -2.54. The second-order valence-corrected chi connectivity index (χ2v) is 6.23. The van der Waals surface area contributed by atoms with Gasteiger partial charge in [0.1, 0.15) is 5.56 Å². The molecule has 0 spiro atoms. The van der Waals surface area contributed by atoms with Gasteiger partial charge in [-0.15, -0.1) is 0 Å². The normalized spacial score (nSPS) is 17.2. The summed E-state index contributed by atoms with van der Waals surface area (Å²) in [7, 11) is 4.59. The molecule has 1 aromatic heterocycles. The number of halogens is 1. The number of hydrogen-bond donors (Lipinski definition) is 1. The molecule has 8 heteroatoms. The predicted octanol–water partition coefficient (Wildman–Crippen LogP) is 1.22. The molecule has 126 valence electrons. The van der Waals surface area contributed by atoms with Gasteiger partial charge in [-0.3, -0.25) is 18.9 Å². The molecule has 1 aliphatic heterocycles. The third kappa shape index (κ3) is 2.50. The van der Waals surface area contributed by atoms with Crippen LogP contribution in [0.2, 0.25) is 5.02 Å². The number of benzene rings is 1. The molecule has 0 aliphatic carbocycles. The fraction of sp³-hybridized carbons (Fsp3) is 0.312. The minimum atomic E-state index is -0.581. The summed E-state index contributed by atoms with van der Waals surface area (Å²) in [5.74, 6) is -0.369. The zero-order valence-electron chi connectivity index (χ0n) is 13.5. The number of aromatic hydroxyl groups is 1. The summed E-state index contributed by atoms with van der Waals surface area (Å²) >= 11 is 5.92. The molecule has 1 aromatic carbocycles. The number of hydrazone groups is 1. The van der Waals surface area contributed by atoms with Gasteiger partial charge in [-0.05, 0) is 17.7 Å². The minimum Gasteiger partial charge on any atom is -0.494 e. The highest BCUT2D eigenvalue weighted by Gasteiger charge is 2.30. The molecule has 0 radical (unpaired) electrons. The highest BCUT2D eigenvalue weighted by Crippen LogP contribution is 2.32. The number of aromatic nitrogens is 2. The highest BCUT2D eigenvalue weighted by molar-refractivity contribution is 6.30. The molecule has 3 rings (SSSR count). The van der Waals surface area contributed by atoms with Gasteiger partial charge in [0.25, 0.3) is 5.56 Å². The summed E-state index contributed by atoms with van der Waals surface area (Å²) in [6.07, 6.45) is 0.444. The minimum absolute atomic E-state index is 0.0583. The van der Waals surface area contributed by atoms with Crippen molar-refractivity contribution in [1.29, 1.82) is 0 Å². The van der Waals surface area contributed by atoms with E-state index >= 15 is 0 Å². The molecular weight excluding hydrogens is 332 g/mol. The smallest absolute Gasteiger partial charge is 0.333 e. The molecule has 0 fully saturated rings. The second-order valence-electron chi connectivity index (χ2n) is 5.80. The van der Waals surface area contributed by atoms with Crippen LogP contribution in [0.15, 0.2) is 39.0 Å². The Bertz CT molecular complexity index is 944. The van der Waals surface area contributed by atoms with E-state index in [4.69, 9.17) is 11.6 Å². The number of nitrogens with zero attached hydrogens (tertiary/aromatic N) is 4. The summed E-state index contributed by atoms with van der Waals surface area (Å²) in [4.78, 5) is 24.3. The molecule has 2 aromatic rings. The van der Waals surface area contributed by atoms with Gasteiger partial charge in [-0.2, -0.15) is 5.10 Å². The lowest BCUT2D eigenvalue weighted by Crippen LogP contribution is -2.39. The van der Waals surface area contributed by atoms with Crippen LogP contribution >= 0.6 is 11.6 Å². The summed E-state index contributed by atoms with van der Waals surface area (Å²) in [5, 5.41) is 17.0. The Balaban J connectivity index is 2.04. The molecule has 0 amide bonds. The van der Waals surface area contributed by atoms with E-state index in [1.807, 2.05) is 12.1 Å². The Morgan fingerprint density at radius 3 is 2.38 bits per heavy atom. The van der Waals surface area contributed by atoms with Gasteiger partial charge in [0.2, 0.25) is 5.88 Å². The second kappa shape index (κ2) is 5.83. The van der Waals surface area contributed by atoms with Gasteiger partial charge >= 0.3 is 5.69 Å². The van der Waals surface area contributed by atoms with Gasteiger partial charge in [-0.25, -0.2) is 4.79 Å². The van der Waals surface area contributed by atoms with Gasteiger partial charge in [-0.1, -0.05) is 23.7 Å². The van der Waals surface area contributed by atoms with Crippen LogP contribution in [0.3, 0.4) is 0 Å². The first-order chi connectivity index (χ1) is 11.3. The van der Waals surface area contributed by atoms with E-state index in [0.717, 1.165) is 14.7 Å². The molecule has 7 nitrogen and oxygen atoms in total. The first kappa shape index (κ1) is 16.3. The van der Waals surface area contributed by atoms with Gasteiger partial charge in [0.05, 0.1) is 11.8 Å². The Labute approximate surface area is 143 Å². The summed E-state index contributed by atoms with van der Waals surface area (Å²) in [6.45, 7) is 0. The van der Waals surface area contributed by atoms with E-state index < -0.39 is 11.2 Å². The van der Waals surface area contributed by atoms with Crippen LogP contribution in [0, 0.1) is 0 Å². The van der Waals surface area contributed by atoms with Crippen molar-refractivity contribution in [3.05, 3.63) is 61.3 Å². The van der Waals surface area contributed by atoms with Crippen LogP contribution in [0.1, 0.15) is 23.6 Å². The fourth-order valence-electron chi connectivity index (χ4n) is 2.87. The maximum absolute atomic E-state index is 12.4. The first-order valence-corrected chi connectivity index (χ1v) is 7.74. The number of rotatable bonds is 2.